The molecule has 3 amide bonds. The fraction of sp³-hybridized carbons (Fsp3) is 0.556. The molecule has 6 heteroatoms. The van der Waals surface area contributed by atoms with Gasteiger partial charge in [0.1, 0.15) is 5.75 Å². The van der Waals surface area contributed by atoms with Gasteiger partial charge in [-0.1, -0.05) is 25.0 Å². The Balaban J connectivity index is 1.85. The Labute approximate surface area is 143 Å². The number of amides is 3. The molecule has 2 N–H and O–H groups in total. The summed E-state index contributed by atoms with van der Waals surface area (Å²) in [6.07, 6.45) is 4.51. The molecule has 1 fully saturated rings. The van der Waals surface area contributed by atoms with Crippen molar-refractivity contribution in [1.29, 1.82) is 0 Å². The summed E-state index contributed by atoms with van der Waals surface area (Å²) in [5.41, 5.74) is 1.01. The molecule has 1 aromatic carbocycles. The summed E-state index contributed by atoms with van der Waals surface area (Å²) in [4.78, 5) is 25.9. The van der Waals surface area contributed by atoms with Gasteiger partial charge in [0.25, 0.3) is 0 Å². The molecule has 1 aromatic rings. The first-order valence-corrected chi connectivity index (χ1v) is 8.61. The molecule has 1 saturated heterocycles. The van der Waals surface area contributed by atoms with Crippen LogP contribution < -0.4 is 15.4 Å². The minimum Gasteiger partial charge on any atom is -0.497 e. The Hall–Kier alpha value is -2.24. The maximum Gasteiger partial charge on any atom is 0.317 e. The predicted molar refractivity (Wildman–Crippen MR) is 92.9 cm³/mol. The number of rotatable bonds is 3. The number of ether oxygens (including phenoxy) is 1. The summed E-state index contributed by atoms with van der Waals surface area (Å²) in [7, 11) is 1.63. The Morgan fingerprint density at radius 1 is 1.17 bits per heavy atom. The van der Waals surface area contributed by atoms with Gasteiger partial charge >= 0.3 is 6.03 Å². The van der Waals surface area contributed by atoms with Gasteiger partial charge in [-0.15, -0.1) is 0 Å². The van der Waals surface area contributed by atoms with E-state index >= 15 is 0 Å². The maximum absolute atomic E-state index is 12.4. The van der Waals surface area contributed by atoms with Gasteiger partial charge in [-0.3, -0.25) is 4.79 Å². The Bertz CT molecular complexity index is 531. The molecule has 0 bridgehead atoms. The van der Waals surface area contributed by atoms with Gasteiger partial charge in [0.15, 0.2) is 0 Å². The van der Waals surface area contributed by atoms with Crippen molar-refractivity contribution in [3.63, 3.8) is 0 Å². The van der Waals surface area contributed by atoms with Crippen LogP contribution in [-0.4, -0.2) is 43.6 Å². The number of benzene rings is 1. The summed E-state index contributed by atoms with van der Waals surface area (Å²) < 4.78 is 5.12. The molecule has 0 aliphatic carbocycles. The van der Waals surface area contributed by atoms with Crippen molar-refractivity contribution in [2.45, 2.75) is 38.6 Å². The van der Waals surface area contributed by atoms with Crippen LogP contribution in [0, 0.1) is 0 Å². The fourth-order valence-corrected chi connectivity index (χ4v) is 2.68. The van der Waals surface area contributed by atoms with Gasteiger partial charge < -0.3 is 20.3 Å². The zero-order chi connectivity index (χ0) is 17.2. The quantitative estimate of drug-likeness (QED) is 0.891. The van der Waals surface area contributed by atoms with Crippen LogP contribution in [0.1, 0.15) is 37.7 Å². The molecule has 132 valence electrons. The SMILES string of the molecule is COc1ccc(CNC(=O)N2CCCCCCNC(=O)CC2)cc1. The summed E-state index contributed by atoms with van der Waals surface area (Å²) in [5.74, 6) is 0.813. The number of nitrogens with one attached hydrogen (secondary N) is 2. The fourth-order valence-electron chi connectivity index (χ4n) is 2.68. The largest absolute Gasteiger partial charge is 0.497 e. The third kappa shape index (κ3) is 6.10. The van der Waals surface area contributed by atoms with E-state index in [1.165, 1.54) is 0 Å². The average molecular weight is 333 g/mol. The number of carbonyl (C=O) groups excluding carboxylic acids is 2. The Kier molecular flexibility index (Phi) is 7.39. The number of urea groups is 1. The van der Waals surface area contributed by atoms with E-state index in [0.29, 0.717) is 26.1 Å². The maximum atomic E-state index is 12.4. The molecule has 2 rings (SSSR count). The molecule has 0 saturated carbocycles. The average Bonchev–Trinajstić information content (AvgIpc) is 2.65. The normalized spacial score (nSPS) is 16.7. The van der Waals surface area contributed by atoms with Gasteiger partial charge in [-0.2, -0.15) is 0 Å². The van der Waals surface area contributed by atoms with E-state index < -0.39 is 0 Å². The van der Waals surface area contributed by atoms with E-state index in [0.717, 1.165) is 43.5 Å². The number of hydrogen-bond donors (Lipinski definition) is 2. The lowest BCUT2D eigenvalue weighted by atomic mass is 10.2. The lowest BCUT2D eigenvalue weighted by Crippen LogP contribution is -2.42. The number of carbonyl (C=O) groups is 2. The van der Waals surface area contributed by atoms with E-state index in [4.69, 9.17) is 4.74 Å². The van der Waals surface area contributed by atoms with E-state index in [1.54, 1.807) is 12.0 Å². The topological polar surface area (TPSA) is 70.7 Å². The first-order valence-electron chi connectivity index (χ1n) is 8.61. The molecular formula is C18H27N3O3. The van der Waals surface area contributed by atoms with Crippen LogP contribution in [0.15, 0.2) is 24.3 Å². The first kappa shape index (κ1) is 18.1. The molecule has 0 radical (unpaired) electrons. The highest BCUT2D eigenvalue weighted by molar-refractivity contribution is 5.78. The molecule has 0 atom stereocenters. The Morgan fingerprint density at radius 2 is 1.92 bits per heavy atom. The van der Waals surface area contributed by atoms with E-state index in [9.17, 15) is 9.59 Å². The number of methoxy groups -OCH3 is 1. The van der Waals surface area contributed by atoms with E-state index in [1.807, 2.05) is 24.3 Å². The standard InChI is InChI=1S/C18H27N3O3/c1-24-16-8-6-15(7-9-16)14-20-18(23)21-12-5-3-2-4-11-19-17(22)10-13-21/h6-9H,2-5,10-14H2,1H3,(H,19,22)(H,20,23). The van der Waals surface area contributed by atoms with Crippen LogP contribution in [0.4, 0.5) is 4.79 Å². The van der Waals surface area contributed by atoms with Crippen LogP contribution >= 0.6 is 0 Å². The molecule has 0 unspecified atom stereocenters. The van der Waals surface area contributed by atoms with Gasteiger partial charge in [-0.25, -0.2) is 4.79 Å². The molecule has 1 aliphatic heterocycles. The third-order valence-corrected chi connectivity index (χ3v) is 4.18. The van der Waals surface area contributed by atoms with Crippen molar-refractivity contribution in [1.82, 2.24) is 15.5 Å². The van der Waals surface area contributed by atoms with Gasteiger partial charge in [-0.05, 0) is 30.5 Å². The lowest BCUT2D eigenvalue weighted by Gasteiger charge is -2.22. The number of nitrogens with zero attached hydrogens (tertiary/aromatic N) is 1. The third-order valence-electron chi connectivity index (χ3n) is 4.18. The minimum absolute atomic E-state index is 0.0184. The lowest BCUT2D eigenvalue weighted by molar-refractivity contribution is -0.121. The predicted octanol–water partition coefficient (Wildman–Crippen LogP) is 2.29. The summed E-state index contributed by atoms with van der Waals surface area (Å²) in [5, 5.41) is 5.83. The summed E-state index contributed by atoms with van der Waals surface area (Å²) in [6, 6.07) is 7.50. The minimum atomic E-state index is -0.113. The molecule has 1 heterocycles. The monoisotopic (exact) mass is 333 g/mol. The van der Waals surface area contributed by atoms with Crippen molar-refractivity contribution in [2.75, 3.05) is 26.7 Å². The van der Waals surface area contributed by atoms with Crippen molar-refractivity contribution in [3.8, 4) is 5.75 Å². The Morgan fingerprint density at radius 3 is 2.67 bits per heavy atom. The van der Waals surface area contributed by atoms with Crippen LogP contribution in [0.3, 0.4) is 0 Å². The van der Waals surface area contributed by atoms with Crippen molar-refractivity contribution >= 4 is 11.9 Å². The highest BCUT2D eigenvalue weighted by atomic mass is 16.5. The summed E-state index contributed by atoms with van der Waals surface area (Å²) in [6.45, 7) is 2.36. The second-order valence-corrected chi connectivity index (χ2v) is 6.01. The molecular weight excluding hydrogens is 306 g/mol. The van der Waals surface area contributed by atoms with Crippen molar-refractivity contribution < 1.29 is 14.3 Å². The van der Waals surface area contributed by atoms with E-state index in [-0.39, 0.29) is 11.9 Å². The van der Waals surface area contributed by atoms with Crippen molar-refractivity contribution in [2.24, 2.45) is 0 Å². The van der Waals surface area contributed by atoms with Crippen LogP contribution in [0.5, 0.6) is 5.75 Å². The highest BCUT2D eigenvalue weighted by Gasteiger charge is 2.15. The van der Waals surface area contributed by atoms with Crippen LogP contribution in [0.25, 0.3) is 0 Å². The van der Waals surface area contributed by atoms with Crippen LogP contribution in [-0.2, 0) is 11.3 Å². The second kappa shape index (κ2) is 9.80. The molecule has 1 aliphatic rings. The smallest absolute Gasteiger partial charge is 0.317 e. The number of hydrogen-bond acceptors (Lipinski definition) is 3. The molecule has 0 spiro atoms. The van der Waals surface area contributed by atoms with Gasteiger partial charge in [0, 0.05) is 32.6 Å². The second-order valence-electron chi connectivity index (χ2n) is 6.01. The molecule has 0 aromatic heterocycles. The van der Waals surface area contributed by atoms with Crippen molar-refractivity contribution in [3.05, 3.63) is 29.8 Å². The zero-order valence-corrected chi connectivity index (χ0v) is 14.3. The van der Waals surface area contributed by atoms with E-state index in [2.05, 4.69) is 10.6 Å². The summed E-state index contributed by atoms with van der Waals surface area (Å²) >= 11 is 0. The van der Waals surface area contributed by atoms with Gasteiger partial charge in [0.2, 0.25) is 5.91 Å². The van der Waals surface area contributed by atoms with Crippen LogP contribution in [0.2, 0.25) is 0 Å². The van der Waals surface area contributed by atoms with Gasteiger partial charge in [0.05, 0.1) is 7.11 Å². The first-order chi connectivity index (χ1) is 11.7. The highest BCUT2D eigenvalue weighted by Crippen LogP contribution is 2.11. The molecule has 24 heavy (non-hydrogen) atoms. The zero-order valence-electron chi connectivity index (χ0n) is 14.3. The molecule has 6 nitrogen and oxygen atoms in total.